The number of hydrogen-bond acceptors (Lipinski definition) is 2. The summed E-state index contributed by atoms with van der Waals surface area (Å²) in [5.74, 6) is -1.99. The van der Waals surface area contributed by atoms with Gasteiger partial charge < -0.3 is 10.2 Å². The number of hydrogen-bond donors (Lipinski definition) is 1. The molecule has 0 unspecified atom stereocenters. The van der Waals surface area contributed by atoms with Gasteiger partial charge in [-0.3, -0.25) is 9.59 Å². The van der Waals surface area contributed by atoms with Gasteiger partial charge in [0.05, 0.1) is 5.56 Å². The molecule has 2 aromatic rings. The van der Waals surface area contributed by atoms with E-state index in [0.29, 0.717) is 17.3 Å². The van der Waals surface area contributed by atoms with E-state index < -0.39 is 29.5 Å². The third kappa shape index (κ3) is 4.08. The number of anilines is 2. The van der Waals surface area contributed by atoms with Gasteiger partial charge in [-0.2, -0.15) is 13.2 Å². The molecule has 1 aliphatic heterocycles. The number of alkyl halides is 3. The second-order valence-corrected chi connectivity index (χ2v) is 6.74. The molecule has 27 heavy (non-hydrogen) atoms. The highest BCUT2D eigenvalue weighted by Crippen LogP contribution is 2.32. The molecule has 0 radical (unpaired) electrons. The third-order valence-electron chi connectivity index (χ3n) is 4.45. The van der Waals surface area contributed by atoms with Gasteiger partial charge in [0.25, 0.3) is 0 Å². The van der Waals surface area contributed by atoms with Crippen LogP contribution in [0.2, 0.25) is 5.02 Å². The van der Waals surface area contributed by atoms with Gasteiger partial charge in [-0.15, -0.1) is 0 Å². The fourth-order valence-electron chi connectivity index (χ4n) is 2.93. The van der Waals surface area contributed by atoms with Crippen molar-refractivity contribution in [2.75, 3.05) is 16.8 Å². The summed E-state index contributed by atoms with van der Waals surface area (Å²) in [4.78, 5) is 26.5. The van der Waals surface area contributed by atoms with Crippen LogP contribution in [-0.2, 0) is 15.8 Å². The highest BCUT2D eigenvalue weighted by molar-refractivity contribution is 6.31. The average Bonchev–Trinajstić information content (AvgIpc) is 2.98. The molecular weight excluding hydrogens is 381 g/mol. The normalized spacial score (nSPS) is 17.3. The van der Waals surface area contributed by atoms with E-state index in [-0.39, 0.29) is 12.1 Å². The van der Waals surface area contributed by atoms with E-state index in [1.165, 1.54) is 17.0 Å². The molecule has 0 spiro atoms. The van der Waals surface area contributed by atoms with E-state index in [4.69, 9.17) is 11.6 Å². The van der Waals surface area contributed by atoms with Crippen LogP contribution in [0.25, 0.3) is 0 Å². The zero-order valence-electron chi connectivity index (χ0n) is 14.3. The molecule has 2 aromatic carbocycles. The SMILES string of the molecule is Cc1ccc(N2CC[C@@H](C(=O)Nc3cccc(C(F)(F)F)c3)C2=O)cc1Cl. The summed E-state index contributed by atoms with van der Waals surface area (Å²) < 4.78 is 38.4. The lowest BCUT2D eigenvalue weighted by Crippen LogP contribution is -2.33. The number of rotatable bonds is 3. The minimum atomic E-state index is -4.51. The van der Waals surface area contributed by atoms with Crippen LogP contribution in [0.4, 0.5) is 24.5 Å². The number of halogens is 4. The first kappa shape index (κ1) is 19.2. The summed E-state index contributed by atoms with van der Waals surface area (Å²) in [5, 5.41) is 2.92. The van der Waals surface area contributed by atoms with E-state index in [9.17, 15) is 22.8 Å². The second-order valence-electron chi connectivity index (χ2n) is 6.33. The molecule has 1 fully saturated rings. The molecule has 0 saturated carbocycles. The summed E-state index contributed by atoms with van der Waals surface area (Å²) in [5.41, 5.74) is 0.587. The van der Waals surface area contributed by atoms with Crippen LogP contribution in [0.1, 0.15) is 17.5 Å². The Labute approximate surface area is 158 Å². The molecule has 2 amide bonds. The predicted molar refractivity (Wildman–Crippen MR) is 96.7 cm³/mol. The highest BCUT2D eigenvalue weighted by atomic mass is 35.5. The number of carbonyl (C=O) groups excluding carboxylic acids is 2. The zero-order chi connectivity index (χ0) is 19.8. The third-order valence-corrected chi connectivity index (χ3v) is 4.85. The highest BCUT2D eigenvalue weighted by Gasteiger charge is 2.38. The number of carbonyl (C=O) groups is 2. The fraction of sp³-hybridized carbons (Fsp3) is 0.263. The summed E-state index contributed by atoms with van der Waals surface area (Å²) >= 11 is 6.09. The van der Waals surface area contributed by atoms with Gasteiger partial charge in [0.1, 0.15) is 5.92 Å². The fourth-order valence-corrected chi connectivity index (χ4v) is 3.11. The van der Waals surface area contributed by atoms with Gasteiger partial charge in [0.2, 0.25) is 11.8 Å². The van der Waals surface area contributed by atoms with E-state index >= 15 is 0 Å². The average molecular weight is 397 g/mol. The molecule has 8 heteroatoms. The lowest BCUT2D eigenvalue weighted by Gasteiger charge is -2.18. The monoisotopic (exact) mass is 396 g/mol. The molecule has 1 saturated heterocycles. The first-order chi connectivity index (χ1) is 12.7. The van der Waals surface area contributed by atoms with E-state index in [0.717, 1.165) is 17.7 Å². The maximum absolute atomic E-state index is 12.8. The lowest BCUT2D eigenvalue weighted by molar-refractivity contribution is -0.137. The van der Waals surface area contributed by atoms with Crippen LogP contribution in [0.5, 0.6) is 0 Å². The number of benzene rings is 2. The summed E-state index contributed by atoms with van der Waals surface area (Å²) in [6.45, 7) is 2.17. The van der Waals surface area contributed by atoms with Crippen LogP contribution < -0.4 is 10.2 Å². The number of nitrogens with one attached hydrogen (secondary N) is 1. The molecule has 1 N–H and O–H groups in total. The smallest absolute Gasteiger partial charge is 0.325 e. The van der Waals surface area contributed by atoms with Crippen molar-refractivity contribution in [3.63, 3.8) is 0 Å². The van der Waals surface area contributed by atoms with Crippen molar-refractivity contribution < 1.29 is 22.8 Å². The maximum Gasteiger partial charge on any atom is 0.416 e. The van der Waals surface area contributed by atoms with Crippen LogP contribution in [-0.4, -0.2) is 18.4 Å². The van der Waals surface area contributed by atoms with Gasteiger partial charge in [-0.1, -0.05) is 23.7 Å². The Kier molecular flexibility index (Phi) is 5.15. The van der Waals surface area contributed by atoms with Crippen molar-refractivity contribution in [1.29, 1.82) is 0 Å². The summed E-state index contributed by atoms with van der Waals surface area (Å²) in [6.07, 6.45) is -4.24. The Morgan fingerprint density at radius 2 is 1.96 bits per heavy atom. The van der Waals surface area contributed by atoms with Gasteiger partial charge in [-0.25, -0.2) is 0 Å². The van der Waals surface area contributed by atoms with Crippen LogP contribution in [0.3, 0.4) is 0 Å². The van der Waals surface area contributed by atoms with E-state index in [1.807, 2.05) is 6.92 Å². The van der Waals surface area contributed by atoms with Crippen LogP contribution in [0, 0.1) is 12.8 Å². The van der Waals surface area contributed by atoms with Crippen molar-refractivity contribution in [1.82, 2.24) is 0 Å². The maximum atomic E-state index is 12.8. The predicted octanol–water partition coefficient (Wildman–Crippen LogP) is 4.66. The quantitative estimate of drug-likeness (QED) is 0.767. The van der Waals surface area contributed by atoms with Crippen LogP contribution in [0.15, 0.2) is 42.5 Å². The van der Waals surface area contributed by atoms with Gasteiger partial charge in [-0.05, 0) is 49.2 Å². The molecule has 0 bridgehead atoms. The molecule has 1 aliphatic rings. The molecule has 4 nitrogen and oxygen atoms in total. The minimum Gasteiger partial charge on any atom is -0.325 e. The van der Waals surface area contributed by atoms with Crippen molar-refractivity contribution >= 4 is 34.8 Å². The van der Waals surface area contributed by atoms with Crippen molar-refractivity contribution in [3.8, 4) is 0 Å². The van der Waals surface area contributed by atoms with Gasteiger partial charge in [0, 0.05) is 22.9 Å². The first-order valence-corrected chi connectivity index (χ1v) is 8.60. The Hall–Kier alpha value is -2.54. The molecule has 1 heterocycles. The standard InChI is InChI=1S/C19H16ClF3N2O2/c1-11-5-6-14(10-16(11)20)25-8-7-15(18(25)27)17(26)24-13-4-2-3-12(9-13)19(21,22)23/h2-6,9-10,15H,7-8H2,1H3,(H,24,26)/t15-/m0/s1. The Bertz CT molecular complexity index is 899. The van der Waals surface area contributed by atoms with Crippen LogP contribution >= 0.6 is 11.6 Å². The van der Waals surface area contributed by atoms with E-state index in [1.54, 1.807) is 18.2 Å². The molecule has 0 aromatic heterocycles. The van der Waals surface area contributed by atoms with Crippen molar-refractivity contribution in [2.24, 2.45) is 5.92 Å². The van der Waals surface area contributed by atoms with Gasteiger partial charge >= 0.3 is 6.18 Å². The summed E-state index contributed by atoms with van der Waals surface area (Å²) in [6, 6.07) is 9.49. The Morgan fingerprint density at radius 1 is 1.22 bits per heavy atom. The van der Waals surface area contributed by atoms with Gasteiger partial charge in [0.15, 0.2) is 0 Å². The summed E-state index contributed by atoms with van der Waals surface area (Å²) in [7, 11) is 0. The molecule has 3 rings (SSSR count). The molecular formula is C19H16ClF3N2O2. The van der Waals surface area contributed by atoms with E-state index in [2.05, 4.69) is 5.32 Å². The molecule has 1 atom stereocenters. The minimum absolute atomic E-state index is 0.000504. The first-order valence-electron chi connectivity index (χ1n) is 8.22. The van der Waals surface area contributed by atoms with Crippen molar-refractivity contribution in [2.45, 2.75) is 19.5 Å². The number of aryl methyl sites for hydroxylation is 1. The number of amides is 2. The Balaban J connectivity index is 1.73. The Morgan fingerprint density at radius 3 is 2.63 bits per heavy atom. The second kappa shape index (κ2) is 7.23. The lowest BCUT2D eigenvalue weighted by atomic mass is 10.1. The van der Waals surface area contributed by atoms with Crippen molar-refractivity contribution in [3.05, 3.63) is 58.6 Å². The largest absolute Gasteiger partial charge is 0.416 e. The molecule has 142 valence electrons. The molecule has 0 aliphatic carbocycles. The number of nitrogens with zero attached hydrogens (tertiary/aromatic N) is 1. The zero-order valence-corrected chi connectivity index (χ0v) is 15.1. The topological polar surface area (TPSA) is 49.4 Å².